The number of benzene rings is 4. The minimum Gasteiger partial charge on any atom is -0.449 e. The van der Waals surface area contributed by atoms with Gasteiger partial charge in [-0.2, -0.15) is 9.98 Å². The van der Waals surface area contributed by atoms with Crippen molar-refractivity contribution in [2.24, 2.45) is 9.98 Å². The Balaban J connectivity index is 1.07. The van der Waals surface area contributed by atoms with Gasteiger partial charge in [-0.3, -0.25) is 10.6 Å². The van der Waals surface area contributed by atoms with Crippen molar-refractivity contribution in [3.05, 3.63) is 119 Å². The molecule has 0 aliphatic heterocycles. The van der Waals surface area contributed by atoms with Crippen LogP contribution in [-0.2, 0) is 31.9 Å². The molecular weight excluding hydrogens is 560 g/mol. The summed E-state index contributed by atoms with van der Waals surface area (Å²) in [7, 11) is 0. The Kier molecular flexibility index (Phi) is 11.7. The van der Waals surface area contributed by atoms with Gasteiger partial charge in [0.2, 0.25) is 12.2 Å². The predicted octanol–water partition coefficient (Wildman–Crippen LogP) is 7.38. The Morgan fingerprint density at radius 3 is 1.16 bits per heavy atom. The van der Waals surface area contributed by atoms with Crippen molar-refractivity contribution in [3.63, 3.8) is 0 Å². The van der Waals surface area contributed by atoms with Crippen LogP contribution in [0.3, 0.4) is 0 Å². The quantitative estimate of drug-likeness (QED) is 0.0947. The van der Waals surface area contributed by atoms with Crippen molar-refractivity contribution in [1.82, 2.24) is 0 Å². The first kappa shape index (κ1) is 31.1. The summed E-state index contributed by atoms with van der Waals surface area (Å²) in [5.74, 6) is 0. The second-order valence-electron chi connectivity index (χ2n) is 9.72. The third-order valence-electron chi connectivity index (χ3n) is 6.44. The number of ether oxygens (including phenoxy) is 2. The van der Waals surface area contributed by atoms with E-state index >= 15 is 0 Å². The highest BCUT2D eigenvalue weighted by molar-refractivity contribution is 5.85. The van der Waals surface area contributed by atoms with Crippen molar-refractivity contribution in [1.29, 1.82) is 0 Å². The summed E-state index contributed by atoms with van der Waals surface area (Å²) in [5.41, 5.74) is 6.59. The highest BCUT2D eigenvalue weighted by atomic mass is 16.6. The van der Waals surface area contributed by atoms with Crippen molar-refractivity contribution < 1.29 is 28.7 Å². The summed E-state index contributed by atoms with van der Waals surface area (Å²) in [6.45, 7) is 0.376. The first-order valence-corrected chi connectivity index (χ1v) is 13.9. The summed E-state index contributed by atoms with van der Waals surface area (Å²) in [6.07, 6.45) is 4.38. The molecule has 0 aliphatic rings. The van der Waals surface area contributed by atoms with Gasteiger partial charge in [0, 0.05) is 11.4 Å². The number of hydrogen-bond acceptors (Lipinski definition) is 8. The number of amides is 2. The van der Waals surface area contributed by atoms with E-state index in [1.165, 1.54) is 12.2 Å². The molecule has 0 fully saturated rings. The zero-order valence-electron chi connectivity index (χ0n) is 23.8. The lowest BCUT2D eigenvalue weighted by atomic mass is 10.0. The Hall–Kier alpha value is -5.82. The zero-order valence-corrected chi connectivity index (χ0v) is 23.8. The lowest BCUT2D eigenvalue weighted by Gasteiger charge is -2.09. The van der Waals surface area contributed by atoms with Gasteiger partial charge < -0.3 is 9.47 Å². The van der Waals surface area contributed by atoms with Gasteiger partial charge in [0.25, 0.3) is 0 Å². The number of aliphatic imine (C=N–C) groups is 2. The minimum absolute atomic E-state index is 0.188. The molecule has 4 rings (SSSR count). The Morgan fingerprint density at radius 2 is 0.841 bits per heavy atom. The molecule has 4 aromatic carbocycles. The van der Waals surface area contributed by atoms with Crippen LogP contribution in [-0.4, -0.2) is 37.6 Å². The van der Waals surface area contributed by atoms with Crippen LogP contribution in [0.4, 0.5) is 32.3 Å². The van der Waals surface area contributed by atoms with Gasteiger partial charge in [-0.1, -0.05) is 48.5 Å². The molecule has 0 aliphatic carbocycles. The largest absolute Gasteiger partial charge is 0.449 e. The molecule has 0 bridgehead atoms. The molecule has 0 spiro atoms. The van der Waals surface area contributed by atoms with E-state index in [-0.39, 0.29) is 13.2 Å². The molecule has 0 unspecified atom stereocenters. The molecule has 4 aromatic rings. The van der Waals surface area contributed by atoms with E-state index in [9.17, 15) is 19.2 Å². The maximum absolute atomic E-state index is 12.1. The van der Waals surface area contributed by atoms with E-state index in [1.54, 1.807) is 48.5 Å². The highest BCUT2D eigenvalue weighted by Crippen LogP contribution is 2.19. The van der Waals surface area contributed by atoms with Gasteiger partial charge >= 0.3 is 12.2 Å². The first-order chi connectivity index (χ1) is 21.5. The molecular formula is C34H30N4O6. The second kappa shape index (κ2) is 16.6. The number of anilines is 2. The number of carbonyl (C=O) groups is 2. The number of rotatable bonds is 13. The standard InChI is InChI=1S/C34H30N4O6/c39-23-35-29-11-3-25(4-12-29)21-27-7-15-31(16-8-27)37-33(41)43-19-1-2-20-44-34(42)38-32-17-9-28(10-18-32)22-26-5-13-30(14-6-26)36-24-40/h3-18H,1-2,19-22H2,(H,37,41)(H,38,42). The molecule has 44 heavy (non-hydrogen) atoms. The van der Waals surface area contributed by atoms with E-state index < -0.39 is 12.2 Å². The van der Waals surface area contributed by atoms with E-state index in [4.69, 9.17) is 9.47 Å². The summed E-state index contributed by atoms with van der Waals surface area (Å²) in [5, 5.41) is 5.39. The molecule has 0 heterocycles. The molecule has 10 nitrogen and oxygen atoms in total. The average molecular weight is 591 g/mol. The molecule has 222 valence electrons. The smallest absolute Gasteiger partial charge is 0.411 e. The minimum atomic E-state index is -0.560. The van der Waals surface area contributed by atoms with Gasteiger partial charge in [0.1, 0.15) is 0 Å². The third kappa shape index (κ3) is 10.5. The summed E-state index contributed by atoms with van der Waals surface area (Å²) < 4.78 is 10.4. The number of hydrogen-bond donors (Lipinski definition) is 2. The number of nitrogens with zero attached hydrogens (tertiary/aromatic N) is 2. The normalized spacial score (nSPS) is 10.1. The van der Waals surface area contributed by atoms with Gasteiger partial charge in [-0.05, 0) is 96.5 Å². The molecule has 10 heteroatoms. The maximum atomic E-state index is 12.1. The van der Waals surface area contributed by atoms with Gasteiger partial charge in [0.15, 0.2) is 0 Å². The number of nitrogens with one attached hydrogen (secondary N) is 2. The maximum Gasteiger partial charge on any atom is 0.411 e. The predicted molar refractivity (Wildman–Crippen MR) is 166 cm³/mol. The second-order valence-corrected chi connectivity index (χ2v) is 9.72. The van der Waals surface area contributed by atoms with Crippen LogP contribution in [0.25, 0.3) is 0 Å². The van der Waals surface area contributed by atoms with Crippen LogP contribution < -0.4 is 10.6 Å². The lowest BCUT2D eigenvalue weighted by molar-refractivity contribution is 0.143. The van der Waals surface area contributed by atoms with Crippen LogP contribution in [0.15, 0.2) is 107 Å². The van der Waals surface area contributed by atoms with Crippen LogP contribution in [0.1, 0.15) is 35.1 Å². The third-order valence-corrected chi connectivity index (χ3v) is 6.44. The monoisotopic (exact) mass is 590 g/mol. The first-order valence-electron chi connectivity index (χ1n) is 13.9. The van der Waals surface area contributed by atoms with Crippen molar-refractivity contribution in [2.45, 2.75) is 25.7 Å². The van der Waals surface area contributed by atoms with Crippen molar-refractivity contribution >= 4 is 47.1 Å². The summed E-state index contributed by atoms with van der Waals surface area (Å²) in [4.78, 5) is 52.0. The number of unbranched alkanes of at least 4 members (excludes halogenated alkanes) is 1. The topological polar surface area (TPSA) is 136 Å². The van der Waals surface area contributed by atoms with E-state index in [0.29, 0.717) is 48.4 Å². The van der Waals surface area contributed by atoms with Crippen molar-refractivity contribution in [3.8, 4) is 0 Å². The van der Waals surface area contributed by atoms with Crippen LogP contribution >= 0.6 is 0 Å². The number of isocyanates is 2. The molecule has 2 amide bonds. The summed E-state index contributed by atoms with van der Waals surface area (Å²) in [6, 6.07) is 29.5. The fraction of sp³-hybridized carbons (Fsp3) is 0.176. The number of carbonyl (C=O) groups excluding carboxylic acids is 4. The van der Waals surface area contributed by atoms with Gasteiger partial charge in [0.05, 0.1) is 24.6 Å². The van der Waals surface area contributed by atoms with Crippen LogP contribution in [0.2, 0.25) is 0 Å². The van der Waals surface area contributed by atoms with E-state index in [2.05, 4.69) is 20.6 Å². The SMILES string of the molecule is O=C=Nc1ccc(Cc2ccc(NC(=O)OCCCCOC(=O)Nc3ccc(Cc4ccc(N=C=O)cc4)cc3)cc2)cc1. The Morgan fingerprint density at radius 1 is 0.523 bits per heavy atom. The Labute approximate surface area is 254 Å². The molecule has 2 N–H and O–H groups in total. The molecule has 0 radical (unpaired) electrons. The fourth-order valence-electron chi connectivity index (χ4n) is 4.21. The highest BCUT2D eigenvalue weighted by Gasteiger charge is 2.06. The van der Waals surface area contributed by atoms with Crippen molar-refractivity contribution in [2.75, 3.05) is 23.8 Å². The lowest BCUT2D eigenvalue weighted by Crippen LogP contribution is -2.16. The Bertz CT molecular complexity index is 1500. The van der Waals surface area contributed by atoms with E-state index in [1.807, 2.05) is 48.5 Å². The summed E-state index contributed by atoms with van der Waals surface area (Å²) >= 11 is 0. The molecule has 0 atom stereocenters. The zero-order chi connectivity index (χ0) is 31.0. The molecule has 0 aromatic heterocycles. The van der Waals surface area contributed by atoms with Gasteiger partial charge in [-0.25, -0.2) is 19.2 Å². The van der Waals surface area contributed by atoms with Crippen LogP contribution in [0.5, 0.6) is 0 Å². The fourth-order valence-corrected chi connectivity index (χ4v) is 4.21. The molecule has 0 saturated carbocycles. The molecule has 0 saturated heterocycles. The van der Waals surface area contributed by atoms with Gasteiger partial charge in [-0.15, -0.1) is 0 Å². The van der Waals surface area contributed by atoms with E-state index in [0.717, 1.165) is 22.3 Å². The van der Waals surface area contributed by atoms with Crippen LogP contribution in [0, 0.1) is 0 Å². The average Bonchev–Trinajstić information content (AvgIpc) is 3.03.